The molecule has 2 N–H and O–H groups in total. The van der Waals surface area contributed by atoms with Gasteiger partial charge in [-0.15, -0.1) is 11.3 Å². The van der Waals surface area contributed by atoms with Gasteiger partial charge in [-0.2, -0.15) is 5.26 Å². The lowest BCUT2D eigenvalue weighted by Crippen LogP contribution is -2.00. The molecule has 6 rings (SSSR count). The van der Waals surface area contributed by atoms with Crippen molar-refractivity contribution in [2.45, 2.75) is 6.92 Å². The molecule has 0 atom stereocenters. The second-order valence-electron chi connectivity index (χ2n) is 7.83. The molecule has 3 aromatic carbocycles. The number of nitriles is 1. The number of hydrogen-bond donors (Lipinski definition) is 2. The summed E-state index contributed by atoms with van der Waals surface area (Å²) in [7, 11) is 0. The molecule has 6 aromatic rings. The van der Waals surface area contributed by atoms with E-state index in [2.05, 4.69) is 88.9 Å². The predicted molar refractivity (Wildman–Crippen MR) is 134 cm³/mol. The van der Waals surface area contributed by atoms with Crippen LogP contribution in [0.1, 0.15) is 11.1 Å². The van der Waals surface area contributed by atoms with E-state index in [9.17, 15) is 5.26 Å². The van der Waals surface area contributed by atoms with Crippen molar-refractivity contribution in [3.05, 3.63) is 90.4 Å². The van der Waals surface area contributed by atoms with Gasteiger partial charge in [-0.3, -0.25) is 4.98 Å². The van der Waals surface area contributed by atoms with Crippen molar-refractivity contribution < 1.29 is 0 Å². The minimum atomic E-state index is 0.521. The van der Waals surface area contributed by atoms with Crippen molar-refractivity contribution in [2.24, 2.45) is 0 Å². The summed E-state index contributed by atoms with van der Waals surface area (Å²) in [6.07, 6.45) is 5.40. The second kappa shape index (κ2) is 7.23. The molecule has 32 heavy (non-hydrogen) atoms. The summed E-state index contributed by atoms with van der Waals surface area (Å²) in [6, 6.07) is 23.5. The van der Waals surface area contributed by atoms with E-state index in [-0.39, 0.29) is 0 Å². The molecule has 0 unspecified atom stereocenters. The lowest BCUT2D eigenvalue weighted by atomic mass is 10.0. The van der Waals surface area contributed by atoms with Gasteiger partial charge in [0.2, 0.25) is 0 Å². The van der Waals surface area contributed by atoms with Gasteiger partial charge in [0.05, 0.1) is 11.3 Å². The molecule has 0 saturated heterocycles. The Bertz CT molecular complexity index is 1680. The molecule has 3 heterocycles. The molecular weight excluding hydrogens is 412 g/mol. The van der Waals surface area contributed by atoms with Crippen LogP contribution in [0.2, 0.25) is 0 Å². The van der Waals surface area contributed by atoms with Crippen molar-refractivity contribution in [3.8, 4) is 17.2 Å². The first-order valence-electron chi connectivity index (χ1n) is 10.4. The average molecular weight is 431 g/mol. The fourth-order valence-corrected chi connectivity index (χ4v) is 5.49. The molecule has 0 saturated carbocycles. The fourth-order valence-electron chi connectivity index (χ4n) is 4.35. The van der Waals surface area contributed by atoms with Crippen molar-refractivity contribution >= 4 is 53.8 Å². The first kappa shape index (κ1) is 18.6. The molecule has 5 heteroatoms. The third kappa shape index (κ3) is 2.85. The summed E-state index contributed by atoms with van der Waals surface area (Å²) in [6.45, 7) is 2.09. The number of nitrogens with zero attached hydrogens (tertiary/aromatic N) is 2. The van der Waals surface area contributed by atoms with Gasteiger partial charge in [0.25, 0.3) is 0 Å². The van der Waals surface area contributed by atoms with Crippen LogP contribution in [0.25, 0.3) is 42.2 Å². The highest BCUT2D eigenvalue weighted by molar-refractivity contribution is 7.25. The van der Waals surface area contributed by atoms with Crippen LogP contribution in [-0.2, 0) is 0 Å². The maximum atomic E-state index is 9.81. The van der Waals surface area contributed by atoms with E-state index in [1.54, 1.807) is 17.5 Å². The van der Waals surface area contributed by atoms with Crippen LogP contribution in [0, 0.1) is 18.3 Å². The van der Waals surface area contributed by atoms with Gasteiger partial charge in [-0.1, -0.05) is 30.3 Å². The highest BCUT2D eigenvalue weighted by atomic mass is 32.1. The van der Waals surface area contributed by atoms with Gasteiger partial charge in [0, 0.05) is 60.9 Å². The number of thiophene rings is 1. The summed E-state index contributed by atoms with van der Waals surface area (Å²) < 4.78 is 2.50. The number of aryl methyl sites for hydroxylation is 1. The third-order valence-electron chi connectivity index (χ3n) is 6.02. The summed E-state index contributed by atoms with van der Waals surface area (Å²) in [5.41, 5.74) is 6.46. The van der Waals surface area contributed by atoms with Crippen LogP contribution in [0.3, 0.4) is 0 Å². The minimum Gasteiger partial charge on any atom is -0.361 e. The van der Waals surface area contributed by atoms with Crippen molar-refractivity contribution in [2.75, 3.05) is 5.32 Å². The van der Waals surface area contributed by atoms with Gasteiger partial charge in [-0.25, -0.2) is 0 Å². The Labute approximate surface area is 188 Å². The Kier molecular flexibility index (Phi) is 4.20. The zero-order valence-corrected chi connectivity index (χ0v) is 18.1. The topological polar surface area (TPSA) is 64.5 Å². The number of aromatic amines is 1. The summed E-state index contributed by atoms with van der Waals surface area (Å²) in [5.74, 6) is 0. The normalized spacial score (nSPS) is 11.2. The Morgan fingerprint density at radius 3 is 2.72 bits per heavy atom. The zero-order chi connectivity index (χ0) is 21.7. The lowest BCUT2D eigenvalue weighted by Gasteiger charge is -2.16. The summed E-state index contributed by atoms with van der Waals surface area (Å²) in [5, 5.41) is 17.0. The van der Waals surface area contributed by atoms with E-state index >= 15 is 0 Å². The number of fused-ring (bicyclic) bond motifs is 4. The number of benzene rings is 3. The van der Waals surface area contributed by atoms with Crippen molar-refractivity contribution in [1.29, 1.82) is 5.26 Å². The quantitative estimate of drug-likeness (QED) is 0.305. The fraction of sp³-hybridized carbons (Fsp3) is 0.0370. The number of aromatic nitrogens is 2. The van der Waals surface area contributed by atoms with Crippen LogP contribution >= 0.6 is 11.3 Å². The first-order valence-corrected chi connectivity index (χ1v) is 11.2. The highest BCUT2D eigenvalue weighted by Gasteiger charge is 2.15. The average Bonchev–Trinajstić information content (AvgIpc) is 3.45. The van der Waals surface area contributed by atoms with Crippen LogP contribution in [-0.4, -0.2) is 9.97 Å². The Hall–Kier alpha value is -4.14. The number of hydrogen-bond acceptors (Lipinski definition) is 4. The molecule has 0 aliphatic rings. The lowest BCUT2D eigenvalue weighted by molar-refractivity contribution is 1.29. The van der Waals surface area contributed by atoms with E-state index in [0.717, 1.165) is 39.0 Å². The molecule has 152 valence electrons. The van der Waals surface area contributed by atoms with Crippen LogP contribution in [0.15, 0.2) is 79.3 Å². The standard InChI is InChI=1S/C27H18N4S/c1-16-19-10-11-30-24(19)9-8-23(16)31-27-18(13-28)14-29-15-22(27)17-6-7-21-20-4-2-3-5-25(20)32-26(21)12-17/h2-12,14-15,30H,1H3,(H,29,31). The van der Waals surface area contributed by atoms with Gasteiger partial charge in [0.15, 0.2) is 0 Å². The second-order valence-corrected chi connectivity index (χ2v) is 8.92. The van der Waals surface area contributed by atoms with Gasteiger partial charge in [-0.05, 0) is 48.4 Å². The molecule has 0 spiro atoms. The van der Waals surface area contributed by atoms with E-state index in [4.69, 9.17) is 0 Å². The number of anilines is 2. The summed E-state index contributed by atoms with van der Waals surface area (Å²) in [4.78, 5) is 7.61. The maximum Gasteiger partial charge on any atom is 0.103 e. The van der Waals surface area contributed by atoms with Crippen molar-refractivity contribution in [1.82, 2.24) is 9.97 Å². The Balaban J connectivity index is 1.52. The number of rotatable bonds is 3. The Morgan fingerprint density at radius 2 is 1.81 bits per heavy atom. The molecule has 0 radical (unpaired) electrons. The molecule has 3 aromatic heterocycles. The smallest absolute Gasteiger partial charge is 0.103 e. The van der Waals surface area contributed by atoms with Crippen molar-refractivity contribution in [3.63, 3.8) is 0 Å². The largest absolute Gasteiger partial charge is 0.361 e. The molecular formula is C27H18N4S. The molecule has 0 aliphatic carbocycles. The molecule has 0 bridgehead atoms. The van der Waals surface area contributed by atoms with Gasteiger partial charge in [0.1, 0.15) is 6.07 Å². The first-order chi connectivity index (χ1) is 15.7. The predicted octanol–water partition coefficient (Wildman–Crippen LogP) is 7.52. The van der Waals surface area contributed by atoms with E-state index in [0.29, 0.717) is 5.56 Å². The van der Waals surface area contributed by atoms with E-state index < -0.39 is 0 Å². The highest BCUT2D eigenvalue weighted by Crippen LogP contribution is 2.39. The van der Waals surface area contributed by atoms with Gasteiger partial charge >= 0.3 is 0 Å². The van der Waals surface area contributed by atoms with E-state index in [1.807, 2.05) is 12.4 Å². The third-order valence-corrected chi connectivity index (χ3v) is 7.15. The summed E-state index contributed by atoms with van der Waals surface area (Å²) >= 11 is 1.79. The monoisotopic (exact) mass is 430 g/mol. The minimum absolute atomic E-state index is 0.521. The molecule has 0 fully saturated rings. The van der Waals surface area contributed by atoms with Crippen LogP contribution < -0.4 is 5.32 Å². The molecule has 0 amide bonds. The Morgan fingerprint density at radius 1 is 0.938 bits per heavy atom. The zero-order valence-electron chi connectivity index (χ0n) is 17.3. The van der Waals surface area contributed by atoms with Gasteiger partial charge < -0.3 is 10.3 Å². The SMILES string of the molecule is Cc1c(Nc2c(C#N)cncc2-c2ccc3c(c2)sc2ccccc23)ccc2[nH]ccc12. The van der Waals surface area contributed by atoms with E-state index in [1.165, 1.54) is 20.2 Å². The molecule has 0 aliphatic heterocycles. The van der Waals surface area contributed by atoms with Crippen LogP contribution in [0.5, 0.6) is 0 Å². The maximum absolute atomic E-state index is 9.81. The number of H-pyrrole nitrogens is 1. The molecule has 4 nitrogen and oxygen atoms in total. The number of pyridine rings is 1. The van der Waals surface area contributed by atoms with Crippen LogP contribution in [0.4, 0.5) is 11.4 Å². The number of nitrogens with one attached hydrogen (secondary N) is 2.